The Labute approximate surface area is 115 Å². The van der Waals surface area contributed by atoms with Crippen LogP contribution in [0.15, 0.2) is 24.3 Å². The minimum atomic E-state index is 0.133. The molecule has 1 aromatic carbocycles. The van der Waals surface area contributed by atoms with Crippen molar-refractivity contribution in [2.75, 3.05) is 13.1 Å². The van der Waals surface area contributed by atoms with Crippen LogP contribution in [0.3, 0.4) is 0 Å². The maximum atomic E-state index is 12.3. The predicted octanol–water partition coefficient (Wildman–Crippen LogP) is 2.56. The number of rotatable bonds is 4. The van der Waals surface area contributed by atoms with Crippen molar-refractivity contribution in [3.05, 3.63) is 35.4 Å². The first kappa shape index (κ1) is 14.1. The molecule has 0 radical (unpaired) electrons. The molecule has 2 unspecified atom stereocenters. The van der Waals surface area contributed by atoms with E-state index >= 15 is 0 Å². The summed E-state index contributed by atoms with van der Waals surface area (Å²) in [4.78, 5) is 12.3. The van der Waals surface area contributed by atoms with Crippen molar-refractivity contribution in [1.29, 1.82) is 0 Å². The lowest BCUT2D eigenvalue weighted by Gasteiger charge is -2.25. The molecule has 1 amide bonds. The molecular weight excluding hydrogens is 236 g/mol. The summed E-state index contributed by atoms with van der Waals surface area (Å²) in [6, 6.07) is 8.57. The number of nitrogens with one attached hydrogen (secondary N) is 2. The SMILES string of the molecule is CCC(NC(=O)C1CCCNC1)c1ccc(C)cc1. The normalized spacial score (nSPS) is 20.8. The maximum Gasteiger partial charge on any atom is 0.224 e. The molecule has 1 fully saturated rings. The van der Waals surface area contributed by atoms with Crippen molar-refractivity contribution in [2.45, 2.75) is 39.2 Å². The van der Waals surface area contributed by atoms with E-state index in [0.717, 1.165) is 32.4 Å². The Balaban J connectivity index is 1.98. The Kier molecular flexibility index (Phi) is 4.97. The Bertz CT molecular complexity index is 407. The monoisotopic (exact) mass is 260 g/mol. The number of benzene rings is 1. The molecule has 1 aliphatic heterocycles. The first-order chi connectivity index (χ1) is 9.20. The second kappa shape index (κ2) is 6.71. The molecule has 0 saturated carbocycles. The minimum Gasteiger partial charge on any atom is -0.349 e. The second-order valence-electron chi connectivity index (χ2n) is 5.42. The third-order valence-electron chi connectivity index (χ3n) is 3.87. The van der Waals surface area contributed by atoms with Gasteiger partial charge in [-0.25, -0.2) is 0 Å². The number of hydrogen-bond donors (Lipinski definition) is 2. The summed E-state index contributed by atoms with van der Waals surface area (Å²) >= 11 is 0. The van der Waals surface area contributed by atoms with E-state index in [9.17, 15) is 4.79 Å². The van der Waals surface area contributed by atoms with Gasteiger partial charge in [0.2, 0.25) is 5.91 Å². The lowest BCUT2D eigenvalue weighted by Crippen LogP contribution is -2.41. The third-order valence-corrected chi connectivity index (χ3v) is 3.87. The summed E-state index contributed by atoms with van der Waals surface area (Å²) in [6.45, 7) is 6.05. The lowest BCUT2D eigenvalue weighted by atomic mass is 9.97. The molecule has 2 N–H and O–H groups in total. The van der Waals surface area contributed by atoms with Gasteiger partial charge in [0, 0.05) is 6.54 Å². The van der Waals surface area contributed by atoms with Crippen LogP contribution < -0.4 is 10.6 Å². The van der Waals surface area contributed by atoms with Gasteiger partial charge in [-0.15, -0.1) is 0 Å². The molecule has 2 atom stereocenters. The molecule has 3 heteroatoms. The Morgan fingerprint density at radius 1 is 1.42 bits per heavy atom. The van der Waals surface area contributed by atoms with Crippen molar-refractivity contribution in [3.63, 3.8) is 0 Å². The van der Waals surface area contributed by atoms with Gasteiger partial charge >= 0.3 is 0 Å². The average Bonchev–Trinajstić information content (AvgIpc) is 2.46. The van der Waals surface area contributed by atoms with Gasteiger partial charge < -0.3 is 10.6 Å². The molecule has 1 aliphatic rings. The molecule has 1 saturated heterocycles. The molecule has 104 valence electrons. The summed E-state index contributed by atoms with van der Waals surface area (Å²) in [5.74, 6) is 0.327. The van der Waals surface area contributed by atoms with Crippen LogP contribution in [0.1, 0.15) is 43.4 Å². The smallest absolute Gasteiger partial charge is 0.224 e. The van der Waals surface area contributed by atoms with Gasteiger partial charge in [0.15, 0.2) is 0 Å². The van der Waals surface area contributed by atoms with Crippen molar-refractivity contribution in [2.24, 2.45) is 5.92 Å². The summed E-state index contributed by atoms with van der Waals surface area (Å²) in [7, 11) is 0. The van der Waals surface area contributed by atoms with Crippen molar-refractivity contribution in [1.82, 2.24) is 10.6 Å². The fourth-order valence-corrected chi connectivity index (χ4v) is 2.59. The zero-order chi connectivity index (χ0) is 13.7. The molecule has 0 aromatic heterocycles. The highest BCUT2D eigenvalue weighted by molar-refractivity contribution is 5.79. The summed E-state index contributed by atoms with van der Waals surface area (Å²) in [6.07, 6.45) is 3.03. The minimum absolute atomic E-state index is 0.133. The summed E-state index contributed by atoms with van der Waals surface area (Å²) < 4.78 is 0. The largest absolute Gasteiger partial charge is 0.349 e. The summed E-state index contributed by atoms with van der Waals surface area (Å²) in [5.41, 5.74) is 2.45. The van der Waals surface area contributed by atoms with Crippen LogP contribution in [0, 0.1) is 12.8 Å². The maximum absolute atomic E-state index is 12.3. The second-order valence-corrected chi connectivity index (χ2v) is 5.42. The van der Waals surface area contributed by atoms with Gasteiger partial charge in [-0.05, 0) is 38.3 Å². The number of amides is 1. The predicted molar refractivity (Wildman–Crippen MR) is 77.9 cm³/mol. The highest BCUT2D eigenvalue weighted by atomic mass is 16.2. The van der Waals surface area contributed by atoms with Crippen molar-refractivity contribution in [3.8, 4) is 0 Å². The Hall–Kier alpha value is -1.35. The quantitative estimate of drug-likeness (QED) is 0.873. The molecule has 1 aromatic rings. The molecule has 0 spiro atoms. The van der Waals surface area contributed by atoms with Crippen LogP contribution in [0.25, 0.3) is 0 Å². The van der Waals surface area contributed by atoms with E-state index in [4.69, 9.17) is 0 Å². The molecule has 1 heterocycles. The first-order valence-corrected chi connectivity index (χ1v) is 7.28. The standard InChI is InChI=1S/C16H24N2O/c1-3-15(13-8-6-12(2)7-9-13)18-16(19)14-5-4-10-17-11-14/h6-9,14-15,17H,3-5,10-11H2,1-2H3,(H,18,19). The molecule has 0 aliphatic carbocycles. The van der Waals surface area contributed by atoms with E-state index in [0.29, 0.717) is 0 Å². The highest BCUT2D eigenvalue weighted by Gasteiger charge is 2.23. The van der Waals surface area contributed by atoms with Gasteiger partial charge in [-0.2, -0.15) is 0 Å². The van der Waals surface area contributed by atoms with Crippen LogP contribution in [0.4, 0.5) is 0 Å². The molecule has 0 bridgehead atoms. The molecule has 3 nitrogen and oxygen atoms in total. The fourth-order valence-electron chi connectivity index (χ4n) is 2.59. The Morgan fingerprint density at radius 2 is 2.16 bits per heavy atom. The van der Waals surface area contributed by atoms with E-state index in [1.807, 2.05) is 0 Å². The van der Waals surface area contributed by atoms with E-state index in [2.05, 4.69) is 48.7 Å². The fraction of sp³-hybridized carbons (Fsp3) is 0.562. The molecular formula is C16H24N2O. The third kappa shape index (κ3) is 3.80. The number of aryl methyl sites for hydroxylation is 1. The number of carbonyl (C=O) groups excluding carboxylic acids is 1. The van der Waals surface area contributed by atoms with Gasteiger partial charge in [0.1, 0.15) is 0 Å². The van der Waals surface area contributed by atoms with Crippen LogP contribution in [0.5, 0.6) is 0 Å². The van der Waals surface area contributed by atoms with Crippen molar-refractivity contribution < 1.29 is 4.79 Å². The van der Waals surface area contributed by atoms with Gasteiger partial charge in [-0.1, -0.05) is 36.8 Å². The number of hydrogen-bond acceptors (Lipinski definition) is 2. The Morgan fingerprint density at radius 3 is 2.74 bits per heavy atom. The zero-order valence-electron chi connectivity index (χ0n) is 11.9. The van der Waals surface area contributed by atoms with Crippen LogP contribution in [-0.2, 0) is 4.79 Å². The number of carbonyl (C=O) groups is 1. The molecule has 19 heavy (non-hydrogen) atoms. The van der Waals surface area contributed by atoms with Gasteiger partial charge in [0.25, 0.3) is 0 Å². The van der Waals surface area contributed by atoms with Crippen LogP contribution in [0.2, 0.25) is 0 Å². The van der Waals surface area contributed by atoms with Gasteiger partial charge in [0.05, 0.1) is 12.0 Å². The molecule has 2 rings (SSSR count). The van der Waals surface area contributed by atoms with E-state index in [1.54, 1.807) is 0 Å². The average molecular weight is 260 g/mol. The highest BCUT2D eigenvalue weighted by Crippen LogP contribution is 2.19. The van der Waals surface area contributed by atoms with Crippen LogP contribution >= 0.6 is 0 Å². The van der Waals surface area contributed by atoms with Gasteiger partial charge in [-0.3, -0.25) is 4.79 Å². The first-order valence-electron chi connectivity index (χ1n) is 7.28. The summed E-state index contributed by atoms with van der Waals surface area (Å²) in [5, 5.41) is 6.49. The van der Waals surface area contributed by atoms with E-state index in [1.165, 1.54) is 11.1 Å². The van der Waals surface area contributed by atoms with E-state index in [-0.39, 0.29) is 17.9 Å². The van der Waals surface area contributed by atoms with Crippen molar-refractivity contribution >= 4 is 5.91 Å². The lowest BCUT2D eigenvalue weighted by molar-refractivity contribution is -0.126. The number of piperidine rings is 1. The zero-order valence-corrected chi connectivity index (χ0v) is 11.9. The topological polar surface area (TPSA) is 41.1 Å². The van der Waals surface area contributed by atoms with Crippen LogP contribution in [-0.4, -0.2) is 19.0 Å². The van der Waals surface area contributed by atoms with E-state index < -0.39 is 0 Å².